The Balaban J connectivity index is 1.63. The monoisotopic (exact) mass is 423 g/mol. The van der Waals surface area contributed by atoms with Crippen LogP contribution in [-0.2, 0) is 4.79 Å². The van der Waals surface area contributed by atoms with Gasteiger partial charge in [-0.15, -0.1) is 0 Å². The van der Waals surface area contributed by atoms with Crippen molar-refractivity contribution in [3.63, 3.8) is 0 Å². The van der Waals surface area contributed by atoms with Crippen molar-refractivity contribution < 1.29 is 9.53 Å². The Kier molecular flexibility index (Phi) is 5.45. The summed E-state index contributed by atoms with van der Waals surface area (Å²) in [5, 5.41) is 5.32. The first-order chi connectivity index (χ1) is 15.7. The van der Waals surface area contributed by atoms with Gasteiger partial charge in [-0.2, -0.15) is 0 Å². The Morgan fingerprint density at radius 3 is 2.91 bits per heavy atom. The van der Waals surface area contributed by atoms with Crippen molar-refractivity contribution in [3.8, 4) is 5.75 Å². The number of amides is 1. The summed E-state index contributed by atoms with van der Waals surface area (Å²) in [5.41, 5.74) is 1.88. The zero-order valence-electron chi connectivity index (χ0n) is 17.3. The van der Waals surface area contributed by atoms with Crippen molar-refractivity contribution in [2.45, 2.75) is 0 Å². The number of rotatable bonds is 0. The van der Waals surface area contributed by atoms with Crippen molar-refractivity contribution in [1.82, 2.24) is 20.2 Å². The van der Waals surface area contributed by atoms with Crippen molar-refractivity contribution in [2.75, 3.05) is 19.7 Å². The summed E-state index contributed by atoms with van der Waals surface area (Å²) in [5.74, 6) is 1.20. The van der Waals surface area contributed by atoms with E-state index < -0.39 is 0 Å². The Hall–Kier alpha value is -4.26. The molecule has 0 saturated carbocycles. The zero-order chi connectivity index (χ0) is 21.8. The van der Waals surface area contributed by atoms with Gasteiger partial charge in [0.05, 0.1) is 17.4 Å². The molecule has 0 fully saturated rings. The van der Waals surface area contributed by atoms with Crippen molar-refractivity contribution in [2.24, 2.45) is 4.99 Å². The predicted octanol–water partition coefficient (Wildman–Crippen LogP) is 2.14. The topological polar surface area (TPSA) is 79.7 Å². The van der Waals surface area contributed by atoms with E-state index in [2.05, 4.69) is 15.3 Å². The normalized spacial score (nSPS) is 19.2. The zero-order valence-corrected chi connectivity index (χ0v) is 17.3. The second-order valence-corrected chi connectivity index (χ2v) is 7.50. The number of hydrogen-bond acceptors (Lipinski definition) is 6. The lowest BCUT2D eigenvalue weighted by atomic mass is 10.2. The van der Waals surface area contributed by atoms with Gasteiger partial charge in [-0.1, -0.05) is 30.4 Å². The number of ether oxygens (including phenoxy) is 1. The van der Waals surface area contributed by atoms with Gasteiger partial charge >= 0.3 is 0 Å². The maximum atomic E-state index is 12.3. The van der Waals surface area contributed by atoms with E-state index in [9.17, 15) is 4.79 Å². The quantitative estimate of drug-likeness (QED) is 0.599. The summed E-state index contributed by atoms with van der Waals surface area (Å²) >= 11 is 0. The number of fused-ring (bicyclic) bond motifs is 4. The van der Waals surface area contributed by atoms with E-state index in [1.807, 2.05) is 71.8 Å². The maximum Gasteiger partial charge on any atom is 0.243 e. The summed E-state index contributed by atoms with van der Waals surface area (Å²) in [7, 11) is 0. The minimum absolute atomic E-state index is 0.0864. The maximum absolute atomic E-state index is 12.3. The summed E-state index contributed by atoms with van der Waals surface area (Å²) < 4.78 is 6.05. The summed E-state index contributed by atoms with van der Waals surface area (Å²) in [4.78, 5) is 27.8. The van der Waals surface area contributed by atoms with Gasteiger partial charge in [-0.05, 0) is 48.2 Å². The Morgan fingerprint density at radius 1 is 1.00 bits per heavy atom. The molecule has 3 aromatic rings. The fourth-order valence-electron chi connectivity index (χ4n) is 3.61. The molecular weight excluding hydrogens is 402 g/mol. The van der Waals surface area contributed by atoms with Gasteiger partial charge in [0, 0.05) is 23.3 Å². The van der Waals surface area contributed by atoms with Gasteiger partial charge in [0.1, 0.15) is 18.7 Å². The van der Waals surface area contributed by atoms with Crippen molar-refractivity contribution in [1.29, 1.82) is 0 Å². The molecule has 0 radical (unpaired) electrons. The van der Waals surface area contributed by atoms with E-state index in [1.54, 1.807) is 12.3 Å². The van der Waals surface area contributed by atoms with Crippen molar-refractivity contribution in [3.05, 3.63) is 95.6 Å². The summed E-state index contributed by atoms with van der Waals surface area (Å²) in [6.45, 7) is 1.32. The Bertz CT molecular complexity index is 1390. The van der Waals surface area contributed by atoms with Gasteiger partial charge in [-0.3, -0.25) is 4.79 Å². The molecule has 2 aliphatic rings. The smallest absolute Gasteiger partial charge is 0.243 e. The second-order valence-electron chi connectivity index (χ2n) is 7.50. The number of carbonyl (C=O) groups excluding carboxylic acids is 1. The van der Waals surface area contributed by atoms with Crippen LogP contribution in [0.1, 0.15) is 0 Å². The summed E-state index contributed by atoms with van der Waals surface area (Å²) in [6.07, 6.45) is 12.7. The third kappa shape index (κ3) is 4.41. The van der Waals surface area contributed by atoms with Crippen LogP contribution < -0.4 is 20.6 Å². The van der Waals surface area contributed by atoms with Gasteiger partial charge < -0.3 is 15.0 Å². The van der Waals surface area contributed by atoms with Crippen LogP contribution in [0, 0.1) is 0 Å². The molecule has 1 N–H and O–H groups in total. The lowest BCUT2D eigenvalue weighted by Gasteiger charge is -2.24. The van der Waals surface area contributed by atoms with Crippen LogP contribution in [0.5, 0.6) is 5.75 Å². The molecule has 5 rings (SSSR count). The van der Waals surface area contributed by atoms with Crippen molar-refractivity contribution >= 4 is 28.7 Å². The van der Waals surface area contributed by atoms with E-state index in [-0.39, 0.29) is 12.5 Å². The number of allylic oxidation sites excluding steroid dienone is 3. The Labute approximate surface area is 184 Å². The van der Waals surface area contributed by atoms with Crippen LogP contribution in [0.3, 0.4) is 0 Å². The molecule has 0 spiro atoms. The van der Waals surface area contributed by atoms with Crippen LogP contribution in [0.15, 0.2) is 90.0 Å². The number of benzene rings is 2. The van der Waals surface area contributed by atoms with Crippen LogP contribution in [-0.4, -0.2) is 40.5 Å². The highest BCUT2D eigenvalue weighted by Crippen LogP contribution is 2.26. The van der Waals surface area contributed by atoms with E-state index in [1.165, 1.54) is 6.33 Å². The molecule has 158 valence electrons. The highest BCUT2D eigenvalue weighted by Gasteiger charge is 2.12. The van der Waals surface area contributed by atoms with Crippen LogP contribution in [0.25, 0.3) is 17.0 Å². The highest BCUT2D eigenvalue weighted by atomic mass is 16.5. The molecule has 4 bridgehead atoms. The van der Waals surface area contributed by atoms with E-state index in [0.717, 1.165) is 27.1 Å². The first-order valence-electron chi connectivity index (χ1n) is 10.3. The minimum atomic E-state index is -0.0864. The number of para-hydroxylation sites is 1. The minimum Gasteiger partial charge on any atom is -0.489 e. The number of nitrogens with zero attached hydrogens (tertiary/aromatic N) is 4. The molecule has 32 heavy (non-hydrogen) atoms. The Morgan fingerprint density at radius 2 is 1.94 bits per heavy atom. The first-order valence-corrected chi connectivity index (χ1v) is 10.3. The molecule has 2 aliphatic heterocycles. The molecule has 0 saturated heterocycles. The summed E-state index contributed by atoms with van der Waals surface area (Å²) in [6, 6.07) is 13.5. The number of nitrogens with one attached hydrogen (secondary N) is 1. The van der Waals surface area contributed by atoms with Gasteiger partial charge in [-0.25, -0.2) is 15.0 Å². The molecule has 0 unspecified atom stereocenters. The van der Waals surface area contributed by atoms with E-state index in [4.69, 9.17) is 9.73 Å². The fourth-order valence-corrected chi connectivity index (χ4v) is 3.61. The molecule has 7 heteroatoms. The molecular formula is C25H21N5O2. The average Bonchev–Trinajstić information content (AvgIpc) is 2.81. The number of hydrogen-bond donors (Lipinski definition) is 1. The molecule has 0 aliphatic carbocycles. The van der Waals surface area contributed by atoms with Crippen LogP contribution in [0.4, 0.5) is 5.82 Å². The van der Waals surface area contributed by atoms with E-state index in [0.29, 0.717) is 24.7 Å². The van der Waals surface area contributed by atoms with Gasteiger partial charge in [0.2, 0.25) is 5.91 Å². The number of carbonyl (C=O) groups is 1. The average molecular weight is 423 g/mol. The van der Waals surface area contributed by atoms with Crippen LogP contribution >= 0.6 is 0 Å². The lowest BCUT2D eigenvalue weighted by molar-refractivity contribution is -0.120. The molecule has 1 aromatic heterocycles. The molecule has 1 amide bonds. The third-order valence-corrected chi connectivity index (χ3v) is 5.17. The first kappa shape index (κ1) is 19.7. The largest absolute Gasteiger partial charge is 0.489 e. The third-order valence-electron chi connectivity index (χ3n) is 5.17. The highest BCUT2D eigenvalue weighted by molar-refractivity contribution is 5.88. The molecule has 0 atom stereocenters. The standard InChI is InChI=1S/C25H21N5O2/c31-24-15-30-12-4-5-18(14-30)16-32-20-9-10-23-21(13-20)25(28-17-27-23)29-22-8-2-1-6-19(22)7-3-11-26-24/h1-13,17H,14-16H2,(H,26,31)/b11-3+,19-7-,29-22+. The molecule has 2 aromatic carbocycles. The molecule has 7 nitrogen and oxygen atoms in total. The molecule has 3 heterocycles. The van der Waals surface area contributed by atoms with Gasteiger partial charge in [0.15, 0.2) is 5.82 Å². The second kappa shape index (κ2) is 8.85. The SMILES string of the molecule is O=C1CN2C=CC=C(COc3ccc4ncnc(c4c3)\N=c3/cccc/c3=C/C=C/N1)C2. The lowest BCUT2D eigenvalue weighted by Crippen LogP contribution is -2.34. The fraction of sp³-hybridized carbons (Fsp3) is 0.120. The number of aromatic nitrogens is 2. The predicted molar refractivity (Wildman–Crippen MR) is 122 cm³/mol. The van der Waals surface area contributed by atoms with E-state index >= 15 is 0 Å². The van der Waals surface area contributed by atoms with Gasteiger partial charge in [0.25, 0.3) is 0 Å². The van der Waals surface area contributed by atoms with Crippen LogP contribution in [0.2, 0.25) is 0 Å².